The number of nitrogens with one attached hydrogen (secondary N) is 1. The van der Waals surface area contributed by atoms with Gasteiger partial charge in [-0.05, 0) is 36.4 Å². The van der Waals surface area contributed by atoms with E-state index in [-0.39, 0.29) is 18.4 Å². The van der Waals surface area contributed by atoms with E-state index < -0.39 is 0 Å². The first-order valence-electron chi connectivity index (χ1n) is 9.16. The molecule has 4 rings (SSSR count). The molecule has 0 saturated heterocycles. The maximum Gasteiger partial charge on any atom is 0.259 e. The van der Waals surface area contributed by atoms with Gasteiger partial charge in [0.25, 0.3) is 5.91 Å². The molecular weight excluding hydrogens is 402 g/mol. The molecular formula is C22H19N3O4S. The van der Waals surface area contributed by atoms with Crippen LogP contribution in [-0.2, 0) is 4.79 Å². The van der Waals surface area contributed by atoms with E-state index in [0.29, 0.717) is 33.5 Å². The molecule has 0 unspecified atom stereocenters. The van der Waals surface area contributed by atoms with Gasteiger partial charge in [-0.1, -0.05) is 23.9 Å². The predicted molar refractivity (Wildman–Crippen MR) is 115 cm³/mol. The molecule has 0 saturated carbocycles. The van der Waals surface area contributed by atoms with Crippen LogP contribution >= 0.6 is 11.8 Å². The lowest BCUT2D eigenvalue weighted by atomic mass is 10.2. The van der Waals surface area contributed by atoms with Crippen LogP contribution in [0, 0.1) is 0 Å². The van der Waals surface area contributed by atoms with Gasteiger partial charge in [0.2, 0.25) is 5.91 Å². The number of nitrogens with zero attached hydrogens (tertiary/aromatic N) is 2. The number of fused-ring (bicyclic) bond motifs is 2. The second-order valence-corrected chi connectivity index (χ2v) is 7.47. The summed E-state index contributed by atoms with van der Waals surface area (Å²) in [6.07, 6.45) is 1.67. The van der Waals surface area contributed by atoms with Crippen molar-refractivity contribution in [1.29, 1.82) is 0 Å². The molecule has 30 heavy (non-hydrogen) atoms. The topological polar surface area (TPSA) is 80.8 Å². The first-order valence-corrected chi connectivity index (χ1v) is 9.98. The van der Waals surface area contributed by atoms with Crippen LogP contribution < -0.4 is 19.7 Å². The van der Waals surface area contributed by atoms with E-state index in [2.05, 4.69) is 10.3 Å². The Morgan fingerprint density at radius 1 is 1.07 bits per heavy atom. The molecule has 2 amide bonds. The van der Waals surface area contributed by atoms with Crippen molar-refractivity contribution in [2.24, 2.45) is 0 Å². The Hall–Kier alpha value is -3.52. The molecule has 0 radical (unpaired) electrons. The minimum atomic E-state index is -0.338. The summed E-state index contributed by atoms with van der Waals surface area (Å²) in [5.41, 5.74) is 1.69. The molecule has 2 aromatic carbocycles. The number of benzene rings is 2. The third kappa shape index (κ3) is 3.81. The van der Waals surface area contributed by atoms with Gasteiger partial charge in [-0.25, -0.2) is 4.98 Å². The van der Waals surface area contributed by atoms with Gasteiger partial charge < -0.3 is 14.8 Å². The summed E-state index contributed by atoms with van der Waals surface area (Å²) in [5.74, 6) is 0.481. The molecule has 8 heteroatoms. The van der Waals surface area contributed by atoms with Gasteiger partial charge in [0.1, 0.15) is 11.6 Å². The van der Waals surface area contributed by atoms with Crippen molar-refractivity contribution in [1.82, 2.24) is 4.98 Å². The average Bonchev–Trinajstić information content (AvgIpc) is 2.88. The summed E-state index contributed by atoms with van der Waals surface area (Å²) in [7, 11) is 3.07. The van der Waals surface area contributed by atoms with Crippen molar-refractivity contribution in [2.45, 2.75) is 9.92 Å². The maximum atomic E-state index is 13.2. The van der Waals surface area contributed by atoms with E-state index in [1.54, 1.807) is 49.7 Å². The Morgan fingerprint density at radius 2 is 1.87 bits per heavy atom. The summed E-state index contributed by atoms with van der Waals surface area (Å²) in [5, 5.41) is 3.49. The van der Waals surface area contributed by atoms with Crippen molar-refractivity contribution < 1.29 is 19.1 Å². The standard InChI is InChI=1S/C22H19N3O4S/c1-28-17-10-9-14(12-18(17)29-2)24-20(26)13-25-16-7-5-11-23-21(16)30-19-8-4-3-6-15(19)22(25)27/h3-12H,13H2,1-2H3,(H,24,26). The van der Waals surface area contributed by atoms with Crippen LogP contribution in [0.2, 0.25) is 0 Å². The number of carbonyl (C=O) groups is 2. The maximum absolute atomic E-state index is 13.2. The highest BCUT2D eigenvalue weighted by Crippen LogP contribution is 2.39. The predicted octanol–water partition coefficient (Wildman–Crippen LogP) is 3.85. The van der Waals surface area contributed by atoms with Crippen LogP contribution in [-0.4, -0.2) is 37.6 Å². The summed E-state index contributed by atoms with van der Waals surface area (Å²) in [6.45, 7) is -0.152. The molecule has 0 spiro atoms. The number of ether oxygens (including phenoxy) is 2. The fraction of sp³-hybridized carbons (Fsp3) is 0.136. The third-order valence-corrected chi connectivity index (χ3v) is 5.66. The van der Waals surface area contributed by atoms with Crippen molar-refractivity contribution in [3.05, 3.63) is 66.4 Å². The summed E-state index contributed by atoms with van der Waals surface area (Å²) in [6, 6.07) is 16.0. The average molecular weight is 421 g/mol. The number of anilines is 2. The molecule has 0 aliphatic carbocycles. The molecule has 3 aromatic rings. The van der Waals surface area contributed by atoms with E-state index in [9.17, 15) is 9.59 Å². The third-order valence-electron chi connectivity index (χ3n) is 4.58. The van der Waals surface area contributed by atoms with E-state index >= 15 is 0 Å². The lowest BCUT2D eigenvalue weighted by molar-refractivity contribution is -0.114. The Morgan fingerprint density at radius 3 is 2.67 bits per heavy atom. The smallest absolute Gasteiger partial charge is 0.259 e. The Bertz CT molecular complexity index is 1120. The number of aromatic nitrogens is 1. The van der Waals surface area contributed by atoms with Crippen LogP contribution in [0.5, 0.6) is 11.5 Å². The normalized spacial score (nSPS) is 12.5. The fourth-order valence-corrected chi connectivity index (χ4v) is 4.19. The van der Waals surface area contributed by atoms with Crippen molar-refractivity contribution in [2.75, 3.05) is 31.0 Å². The lowest BCUT2D eigenvalue weighted by Crippen LogP contribution is -2.38. The zero-order chi connectivity index (χ0) is 21.1. The number of methoxy groups -OCH3 is 2. The summed E-state index contributed by atoms with van der Waals surface area (Å²) in [4.78, 5) is 32.7. The van der Waals surface area contributed by atoms with Crippen LogP contribution in [0.25, 0.3) is 0 Å². The van der Waals surface area contributed by atoms with Gasteiger partial charge in [0.15, 0.2) is 11.5 Å². The van der Waals surface area contributed by atoms with Crippen molar-refractivity contribution >= 4 is 35.0 Å². The number of hydrogen-bond donors (Lipinski definition) is 1. The highest BCUT2D eigenvalue weighted by Gasteiger charge is 2.29. The largest absolute Gasteiger partial charge is 0.493 e. The molecule has 0 fully saturated rings. The van der Waals surface area contributed by atoms with E-state index in [0.717, 1.165) is 4.90 Å². The molecule has 0 bridgehead atoms. The molecule has 7 nitrogen and oxygen atoms in total. The van der Waals surface area contributed by atoms with Crippen molar-refractivity contribution in [3.8, 4) is 11.5 Å². The Kier molecular flexibility index (Phi) is 5.58. The molecule has 1 aliphatic rings. The quantitative estimate of drug-likeness (QED) is 0.674. The number of amides is 2. The Labute approximate surface area is 178 Å². The number of hydrogen-bond acceptors (Lipinski definition) is 6. The minimum absolute atomic E-state index is 0.152. The molecule has 1 aliphatic heterocycles. The fourth-order valence-electron chi connectivity index (χ4n) is 3.17. The molecule has 0 atom stereocenters. The molecule has 152 valence electrons. The van der Waals surface area contributed by atoms with Crippen LogP contribution in [0.1, 0.15) is 10.4 Å². The second-order valence-electron chi connectivity index (χ2n) is 6.44. The zero-order valence-corrected chi connectivity index (χ0v) is 17.2. The van der Waals surface area contributed by atoms with Crippen molar-refractivity contribution in [3.63, 3.8) is 0 Å². The first-order chi connectivity index (χ1) is 14.6. The first kappa shape index (κ1) is 19.8. The van der Waals surface area contributed by atoms with E-state index in [1.165, 1.54) is 23.8 Å². The lowest BCUT2D eigenvalue weighted by Gasteiger charge is -2.22. The van der Waals surface area contributed by atoms with E-state index in [4.69, 9.17) is 9.47 Å². The SMILES string of the molecule is COc1ccc(NC(=O)CN2C(=O)c3ccccc3Sc3ncccc32)cc1OC. The van der Waals surface area contributed by atoms with Crippen LogP contribution in [0.3, 0.4) is 0 Å². The molecule has 1 N–H and O–H groups in total. The number of pyridine rings is 1. The van der Waals surface area contributed by atoms with Gasteiger partial charge >= 0.3 is 0 Å². The van der Waals surface area contributed by atoms with Gasteiger partial charge in [-0.15, -0.1) is 0 Å². The highest BCUT2D eigenvalue weighted by atomic mass is 32.2. The molecule has 2 heterocycles. The minimum Gasteiger partial charge on any atom is -0.493 e. The van der Waals surface area contributed by atoms with Gasteiger partial charge in [-0.3, -0.25) is 14.5 Å². The number of rotatable bonds is 5. The zero-order valence-electron chi connectivity index (χ0n) is 16.4. The highest BCUT2D eigenvalue weighted by molar-refractivity contribution is 7.99. The molecule has 1 aromatic heterocycles. The van der Waals surface area contributed by atoms with Crippen LogP contribution in [0.15, 0.2) is 70.7 Å². The van der Waals surface area contributed by atoms with Gasteiger partial charge in [-0.2, -0.15) is 0 Å². The van der Waals surface area contributed by atoms with E-state index in [1.807, 2.05) is 18.2 Å². The monoisotopic (exact) mass is 421 g/mol. The number of carbonyl (C=O) groups excluding carboxylic acids is 2. The van der Waals surface area contributed by atoms with Gasteiger partial charge in [0, 0.05) is 22.8 Å². The summed E-state index contributed by atoms with van der Waals surface area (Å²) >= 11 is 1.42. The second kappa shape index (κ2) is 8.46. The summed E-state index contributed by atoms with van der Waals surface area (Å²) < 4.78 is 10.5. The van der Waals surface area contributed by atoms with Gasteiger partial charge in [0.05, 0.1) is 25.5 Å². The van der Waals surface area contributed by atoms with Crippen LogP contribution in [0.4, 0.5) is 11.4 Å². The Balaban J connectivity index is 1.61.